The Kier molecular flexibility index (Phi) is 3.94. The maximum absolute atomic E-state index is 12.3. The first kappa shape index (κ1) is 14.1. The summed E-state index contributed by atoms with van der Waals surface area (Å²) in [5.74, 6) is 0.572. The SMILES string of the molecule is O=C(CCc1cc(Cl)no1)N1Cc2ccccc2C(O)C1. The average molecular weight is 307 g/mol. The number of halogens is 1. The molecular weight excluding hydrogens is 292 g/mol. The molecule has 1 amide bonds. The minimum atomic E-state index is -0.626. The second-order valence-corrected chi connectivity index (χ2v) is 5.49. The molecule has 0 saturated carbocycles. The van der Waals surface area contributed by atoms with E-state index in [4.69, 9.17) is 16.1 Å². The van der Waals surface area contributed by atoms with Gasteiger partial charge in [-0.05, 0) is 11.1 Å². The smallest absolute Gasteiger partial charge is 0.223 e. The van der Waals surface area contributed by atoms with Crippen molar-refractivity contribution >= 4 is 17.5 Å². The number of rotatable bonds is 3. The second-order valence-electron chi connectivity index (χ2n) is 5.10. The normalized spacial score (nSPS) is 17.6. The van der Waals surface area contributed by atoms with Crippen LogP contribution in [0, 0.1) is 0 Å². The molecule has 1 aliphatic rings. The first-order valence-corrected chi connectivity index (χ1v) is 7.16. The summed E-state index contributed by atoms with van der Waals surface area (Å²) in [5, 5.41) is 14.0. The van der Waals surface area contributed by atoms with Gasteiger partial charge in [-0.1, -0.05) is 41.0 Å². The summed E-state index contributed by atoms with van der Waals surface area (Å²) in [5.41, 5.74) is 1.90. The van der Waals surface area contributed by atoms with Gasteiger partial charge in [-0.3, -0.25) is 4.79 Å². The number of aliphatic hydroxyl groups excluding tert-OH is 1. The van der Waals surface area contributed by atoms with Gasteiger partial charge < -0.3 is 14.5 Å². The van der Waals surface area contributed by atoms with E-state index in [-0.39, 0.29) is 5.91 Å². The quantitative estimate of drug-likeness (QED) is 0.945. The summed E-state index contributed by atoms with van der Waals surface area (Å²) in [6.45, 7) is 0.857. The molecule has 1 N–H and O–H groups in total. The van der Waals surface area contributed by atoms with Crippen LogP contribution in [0.2, 0.25) is 5.15 Å². The third-order valence-electron chi connectivity index (χ3n) is 3.64. The summed E-state index contributed by atoms with van der Waals surface area (Å²) in [4.78, 5) is 13.9. The van der Waals surface area contributed by atoms with Crippen LogP contribution in [0.15, 0.2) is 34.9 Å². The Labute approximate surface area is 127 Å². The number of aryl methyl sites for hydroxylation is 1. The minimum Gasteiger partial charge on any atom is -0.387 e. The molecule has 0 fully saturated rings. The van der Waals surface area contributed by atoms with Crippen molar-refractivity contribution in [2.45, 2.75) is 25.5 Å². The van der Waals surface area contributed by atoms with E-state index < -0.39 is 6.10 Å². The largest absolute Gasteiger partial charge is 0.387 e. The van der Waals surface area contributed by atoms with E-state index in [9.17, 15) is 9.90 Å². The van der Waals surface area contributed by atoms with Crippen LogP contribution in [-0.4, -0.2) is 27.6 Å². The van der Waals surface area contributed by atoms with E-state index in [1.165, 1.54) is 0 Å². The van der Waals surface area contributed by atoms with E-state index in [1.807, 2.05) is 24.3 Å². The van der Waals surface area contributed by atoms with Crippen molar-refractivity contribution in [2.75, 3.05) is 6.54 Å². The predicted octanol–water partition coefficient (Wildman–Crippen LogP) is 2.34. The van der Waals surface area contributed by atoms with Crippen LogP contribution in [0.5, 0.6) is 0 Å². The van der Waals surface area contributed by atoms with Gasteiger partial charge >= 0.3 is 0 Å². The number of nitrogens with zero attached hydrogens (tertiary/aromatic N) is 2. The molecule has 5 nitrogen and oxygen atoms in total. The van der Waals surface area contributed by atoms with Gasteiger partial charge in [0.15, 0.2) is 5.15 Å². The summed E-state index contributed by atoms with van der Waals surface area (Å²) in [7, 11) is 0. The fourth-order valence-electron chi connectivity index (χ4n) is 2.56. The zero-order chi connectivity index (χ0) is 14.8. The molecule has 3 rings (SSSR count). The number of fused-ring (bicyclic) bond motifs is 1. The maximum Gasteiger partial charge on any atom is 0.223 e. The molecule has 6 heteroatoms. The lowest BCUT2D eigenvalue weighted by molar-refractivity contribution is -0.134. The van der Waals surface area contributed by atoms with E-state index in [0.717, 1.165) is 11.1 Å². The second kappa shape index (κ2) is 5.87. The topological polar surface area (TPSA) is 66.6 Å². The highest BCUT2D eigenvalue weighted by Crippen LogP contribution is 2.26. The first-order valence-electron chi connectivity index (χ1n) is 6.78. The highest BCUT2D eigenvalue weighted by atomic mass is 35.5. The Bertz CT molecular complexity index is 656. The Morgan fingerprint density at radius 3 is 3.05 bits per heavy atom. The average Bonchev–Trinajstić information content (AvgIpc) is 2.90. The highest BCUT2D eigenvalue weighted by molar-refractivity contribution is 6.29. The number of aliphatic hydroxyl groups is 1. The van der Waals surface area contributed by atoms with Crippen LogP contribution in [0.3, 0.4) is 0 Å². The molecule has 0 aliphatic carbocycles. The Morgan fingerprint density at radius 1 is 1.48 bits per heavy atom. The summed E-state index contributed by atoms with van der Waals surface area (Å²) in [6.07, 6.45) is 0.131. The van der Waals surface area contributed by atoms with E-state index >= 15 is 0 Å². The number of carbonyl (C=O) groups is 1. The molecule has 0 saturated heterocycles. The van der Waals surface area contributed by atoms with Gasteiger partial charge in [0.2, 0.25) is 5.91 Å². The van der Waals surface area contributed by atoms with Crippen molar-refractivity contribution in [3.8, 4) is 0 Å². The van der Waals surface area contributed by atoms with Crippen molar-refractivity contribution in [3.63, 3.8) is 0 Å². The van der Waals surface area contributed by atoms with Gasteiger partial charge in [-0.2, -0.15) is 0 Å². The molecule has 0 spiro atoms. The van der Waals surface area contributed by atoms with Crippen molar-refractivity contribution < 1.29 is 14.4 Å². The standard InChI is InChI=1S/C15H15ClN2O3/c16-14-7-11(21-17-14)5-6-15(20)18-8-10-3-1-2-4-12(10)13(19)9-18/h1-4,7,13,19H,5-6,8-9H2. The lowest BCUT2D eigenvalue weighted by Gasteiger charge is -2.32. The molecule has 2 aromatic rings. The maximum atomic E-state index is 12.3. The van der Waals surface area contributed by atoms with Crippen LogP contribution >= 0.6 is 11.6 Å². The number of hydrogen-bond acceptors (Lipinski definition) is 4. The van der Waals surface area contributed by atoms with Crippen molar-refractivity contribution in [2.24, 2.45) is 0 Å². The Balaban J connectivity index is 1.64. The predicted molar refractivity (Wildman–Crippen MR) is 76.7 cm³/mol. The van der Waals surface area contributed by atoms with Gasteiger partial charge in [0.05, 0.1) is 12.6 Å². The summed E-state index contributed by atoms with van der Waals surface area (Å²) in [6, 6.07) is 9.25. The zero-order valence-electron chi connectivity index (χ0n) is 11.3. The van der Waals surface area contributed by atoms with Crippen LogP contribution in [-0.2, 0) is 17.8 Å². The van der Waals surface area contributed by atoms with E-state index in [0.29, 0.717) is 36.8 Å². The van der Waals surface area contributed by atoms with Crippen molar-refractivity contribution in [3.05, 3.63) is 52.4 Å². The molecule has 1 aromatic heterocycles. The molecule has 1 atom stereocenters. The Morgan fingerprint density at radius 2 is 2.29 bits per heavy atom. The number of benzene rings is 1. The zero-order valence-corrected chi connectivity index (χ0v) is 12.1. The third-order valence-corrected chi connectivity index (χ3v) is 3.81. The molecule has 1 unspecified atom stereocenters. The molecule has 21 heavy (non-hydrogen) atoms. The molecular formula is C15H15ClN2O3. The van der Waals surface area contributed by atoms with Gasteiger partial charge in [0.25, 0.3) is 0 Å². The number of aromatic nitrogens is 1. The van der Waals surface area contributed by atoms with Crippen LogP contribution < -0.4 is 0 Å². The van der Waals surface area contributed by atoms with E-state index in [2.05, 4.69) is 5.16 Å². The number of amides is 1. The fraction of sp³-hybridized carbons (Fsp3) is 0.333. The Hall–Kier alpha value is -1.85. The lowest BCUT2D eigenvalue weighted by Crippen LogP contribution is -2.38. The van der Waals surface area contributed by atoms with Crippen LogP contribution in [0.1, 0.15) is 29.4 Å². The van der Waals surface area contributed by atoms with Gasteiger partial charge in [-0.25, -0.2) is 0 Å². The van der Waals surface area contributed by atoms with E-state index in [1.54, 1.807) is 11.0 Å². The van der Waals surface area contributed by atoms with Crippen LogP contribution in [0.4, 0.5) is 0 Å². The van der Waals surface area contributed by atoms with Crippen molar-refractivity contribution in [1.82, 2.24) is 10.1 Å². The minimum absolute atomic E-state index is 0.0175. The van der Waals surface area contributed by atoms with Gasteiger partial charge in [0.1, 0.15) is 5.76 Å². The van der Waals surface area contributed by atoms with Crippen LogP contribution in [0.25, 0.3) is 0 Å². The molecule has 0 bridgehead atoms. The van der Waals surface area contributed by atoms with Gasteiger partial charge in [-0.15, -0.1) is 0 Å². The van der Waals surface area contributed by atoms with Gasteiger partial charge in [0, 0.05) is 25.5 Å². The summed E-state index contributed by atoms with van der Waals surface area (Å²) >= 11 is 5.67. The third kappa shape index (κ3) is 3.09. The monoisotopic (exact) mass is 306 g/mol. The highest BCUT2D eigenvalue weighted by Gasteiger charge is 2.26. The molecule has 1 aliphatic heterocycles. The molecule has 0 radical (unpaired) electrons. The number of carbonyl (C=O) groups excluding carboxylic acids is 1. The number of hydrogen-bond donors (Lipinski definition) is 1. The number of β-amino-alcohol motifs (C(OH)–C–C–N with tert-alkyl or cyclic N) is 1. The first-order chi connectivity index (χ1) is 10.1. The summed E-state index contributed by atoms with van der Waals surface area (Å²) < 4.78 is 4.98. The molecule has 1 aromatic carbocycles. The van der Waals surface area contributed by atoms with Crippen molar-refractivity contribution in [1.29, 1.82) is 0 Å². The lowest BCUT2D eigenvalue weighted by atomic mass is 9.97. The molecule has 2 heterocycles. The molecule has 110 valence electrons. The fourth-order valence-corrected chi connectivity index (χ4v) is 2.72.